The second-order valence-electron chi connectivity index (χ2n) is 6.22. The summed E-state index contributed by atoms with van der Waals surface area (Å²) in [5.74, 6) is 1.50. The average molecular weight is 240 g/mol. The maximum absolute atomic E-state index is 3.79. The van der Waals surface area contributed by atoms with Gasteiger partial charge in [0.1, 0.15) is 0 Å². The highest BCUT2D eigenvalue weighted by Gasteiger charge is 2.25. The molecular formula is C15H32N2. The van der Waals surface area contributed by atoms with Crippen LogP contribution in [-0.2, 0) is 0 Å². The first-order chi connectivity index (χ1) is 8.06. The van der Waals surface area contributed by atoms with Crippen molar-refractivity contribution in [2.75, 3.05) is 19.6 Å². The van der Waals surface area contributed by atoms with Crippen LogP contribution in [0.5, 0.6) is 0 Å². The van der Waals surface area contributed by atoms with Crippen LogP contribution in [0.15, 0.2) is 0 Å². The number of rotatable bonds is 7. The fraction of sp³-hybridized carbons (Fsp3) is 1.00. The highest BCUT2D eigenvalue weighted by atomic mass is 15.2. The van der Waals surface area contributed by atoms with Crippen molar-refractivity contribution in [3.05, 3.63) is 0 Å². The summed E-state index contributed by atoms with van der Waals surface area (Å²) >= 11 is 0. The van der Waals surface area contributed by atoms with E-state index in [1.807, 2.05) is 0 Å². The van der Waals surface area contributed by atoms with Gasteiger partial charge in [0.25, 0.3) is 0 Å². The molecule has 2 atom stereocenters. The summed E-state index contributed by atoms with van der Waals surface area (Å²) < 4.78 is 0. The zero-order chi connectivity index (χ0) is 12.8. The lowest BCUT2D eigenvalue weighted by molar-refractivity contribution is 0.177. The SMILES string of the molecule is CCC(NCC(C(C)C)N1CCCC1)C(C)C. The zero-order valence-corrected chi connectivity index (χ0v) is 12.5. The number of nitrogens with zero attached hydrogens (tertiary/aromatic N) is 1. The summed E-state index contributed by atoms with van der Waals surface area (Å²) in [7, 11) is 0. The van der Waals surface area contributed by atoms with Gasteiger partial charge in [0, 0.05) is 18.6 Å². The van der Waals surface area contributed by atoms with Crippen molar-refractivity contribution in [2.24, 2.45) is 11.8 Å². The number of hydrogen-bond acceptors (Lipinski definition) is 2. The van der Waals surface area contributed by atoms with Crippen molar-refractivity contribution in [3.63, 3.8) is 0 Å². The average Bonchev–Trinajstić information content (AvgIpc) is 2.76. The molecule has 2 nitrogen and oxygen atoms in total. The molecule has 1 aliphatic heterocycles. The quantitative estimate of drug-likeness (QED) is 0.735. The lowest BCUT2D eigenvalue weighted by Crippen LogP contribution is -2.47. The highest BCUT2D eigenvalue weighted by molar-refractivity contribution is 4.82. The summed E-state index contributed by atoms with van der Waals surface area (Å²) in [6.07, 6.45) is 4.03. The Kier molecular flexibility index (Phi) is 6.50. The summed E-state index contributed by atoms with van der Waals surface area (Å²) in [4.78, 5) is 2.69. The molecule has 0 aromatic carbocycles. The molecule has 0 saturated carbocycles. The molecule has 0 aromatic heterocycles. The van der Waals surface area contributed by atoms with Crippen molar-refractivity contribution in [2.45, 2.75) is 66.0 Å². The molecule has 1 heterocycles. The second-order valence-corrected chi connectivity index (χ2v) is 6.22. The Morgan fingerprint density at radius 2 is 1.59 bits per heavy atom. The molecule has 0 bridgehead atoms. The van der Waals surface area contributed by atoms with Gasteiger partial charge >= 0.3 is 0 Å². The van der Waals surface area contributed by atoms with Crippen LogP contribution in [0.4, 0.5) is 0 Å². The molecule has 2 heteroatoms. The van der Waals surface area contributed by atoms with Crippen molar-refractivity contribution in [1.29, 1.82) is 0 Å². The summed E-state index contributed by atoms with van der Waals surface area (Å²) in [5, 5.41) is 3.79. The van der Waals surface area contributed by atoms with Gasteiger partial charge in [0.15, 0.2) is 0 Å². The number of nitrogens with one attached hydrogen (secondary N) is 1. The topological polar surface area (TPSA) is 15.3 Å². The minimum Gasteiger partial charge on any atom is -0.312 e. The third-order valence-electron chi connectivity index (χ3n) is 4.21. The van der Waals surface area contributed by atoms with E-state index in [4.69, 9.17) is 0 Å². The van der Waals surface area contributed by atoms with Crippen molar-refractivity contribution in [1.82, 2.24) is 10.2 Å². The van der Waals surface area contributed by atoms with Crippen LogP contribution in [0, 0.1) is 11.8 Å². The summed E-state index contributed by atoms with van der Waals surface area (Å²) in [5.41, 5.74) is 0. The monoisotopic (exact) mass is 240 g/mol. The van der Waals surface area contributed by atoms with Crippen molar-refractivity contribution < 1.29 is 0 Å². The second kappa shape index (κ2) is 7.38. The van der Waals surface area contributed by atoms with Crippen LogP contribution in [0.25, 0.3) is 0 Å². The van der Waals surface area contributed by atoms with Crippen LogP contribution < -0.4 is 5.32 Å². The molecule has 0 radical (unpaired) electrons. The maximum Gasteiger partial charge on any atom is 0.0243 e. The number of likely N-dealkylation sites (tertiary alicyclic amines) is 1. The van der Waals surface area contributed by atoms with Crippen LogP contribution >= 0.6 is 0 Å². The number of hydrogen-bond donors (Lipinski definition) is 1. The zero-order valence-electron chi connectivity index (χ0n) is 12.5. The first kappa shape index (κ1) is 15.0. The Morgan fingerprint density at radius 3 is 2.00 bits per heavy atom. The van der Waals surface area contributed by atoms with Gasteiger partial charge in [-0.1, -0.05) is 34.6 Å². The molecule has 0 amide bonds. The van der Waals surface area contributed by atoms with E-state index in [-0.39, 0.29) is 0 Å². The van der Waals surface area contributed by atoms with Crippen LogP contribution in [-0.4, -0.2) is 36.6 Å². The Bertz CT molecular complexity index is 195. The maximum atomic E-state index is 3.79. The van der Waals surface area contributed by atoms with Gasteiger partial charge in [-0.2, -0.15) is 0 Å². The van der Waals surface area contributed by atoms with Crippen molar-refractivity contribution >= 4 is 0 Å². The minimum atomic E-state index is 0.679. The van der Waals surface area contributed by atoms with Crippen molar-refractivity contribution in [3.8, 4) is 0 Å². The van der Waals surface area contributed by atoms with Gasteiger partial charge in [0.05, 0.1) is 0 Å². The Morgan fingerprint density at radius 1 is 1.00 bits per heavy atom. The smallest absolute Gasteiger partial charge is 0.0243 e. The lowest BCUT2D eigenvalue weighted by Gasteiger charge is -2.33. The molecule has 0 aromatic rings. The summed E-state index contributed by atoms with van der Waals surface area (Å²) in [6, 6.07) is 1.41. The normalized spacial score (nSPS) is 21.4. The molecular weight excluding hydrogens is 208 g/mol. The van der Waals surface area contributed by atoms with E-state index in [2.05, 4.69) is 44.8 Å². The van der Waals surface area contributed by atoms with Gasteiger partial charge in [-0.15, -0.1) is 0 Å². The van der Waals surface area contributed by atoms with Crippen LogP contribution in [0.2, 0.25) is 0 Å². The van der Waals surface area contributed by atoms with Crippen LogP contribution in [0.1, 0.15) is 53.9 Å². The lowest BCUT2D eigenvalue weighted by atomic mass is 9.99. The highest BCUT2D eigenvalue weighted by Crippen LogP contribution is 2.17. The fourth-order valence-corrected chi connectivity index (χ4v) is 2.98. The standard InChI is InChI=1S/C15H32N2/c1-6-14(12(2)3)16-11-15(13(4)5)17-9-7-8-10-17/h12-16H,6-11H2,1-5H3. The van der Waals surface area contributed by atoms with E-state index >= 15 is 0 Å². The van der Waals surface area contributed by atoms with Gasteiger partial charge in [-0.05, 0) is 44.2 Å². The van der Waals surface area contributed by atoms with E-state index < -0.39 is 0 Å². The van der Waals surface area contributed by atoms with Crippen LogP contribution in [0.3, 0.4) is 0 Å². The van der Waals surface area contributed by atoms with E-state index in [0.29, 0.717) is 6.04 Å². The molecule has 1 saturated heterocycles. The predicted octanol–water partition coefficient (Wildman–Crippen LogP) is 3.13. The van der Waals surface area contributed by atoms with E-state index in [9.17, 15) is 0 Å². The van der Waals surface area contributed by atoms with Gasteiger partial charge in [-0.3, -0.25) is 4.90 Å². The van der Waals surface area contributed by atoms with Gasteiger partial charge < -0.3 is 5.32 Å². The first-order valence-corrected chi connectivity index (χ1v) is 7.53. The summed E-state index contributed by atoms with van der Waals surface area (Å²) in [6.45, 7) is 15.4. The van der Waals surface area contributed by atoms with E-state index in [0.717, 1.165) is 24.4 Å². The third kappa shape index (κ3) is 4.59. The molecule has 1 fully saturated rings. The fourth-order valence-electron chi connectivity index (χ4n) is 2.98. The van der Waals surface area contributed by atoms with Gasteiger partial charge in [0.2, 0.25) is 0 Å². The Hall–Kier alpha value is -0.0800. The predicted molar refractivity (Wildman–Crippen MR) is 76.4 cm³/mol. The third-order valence-corrected chi connectivity index (χ3v) is 4.21. The minimum absolute atomic E-state index is 0.679. The van der Waals surface area contributed by atoms with Gasteiger partial charge in [-0.25, -0.2) is 0 Å². The Balaban J connectivity index is 2.43. The molecule has 17 heavy (non-hydrogen) atoms. The molecule has 0 aliphatic carbocycles. The molecule has 1 rings (SSSR count). The molecule has 2 unspecified atom stereocenters. The molecule has 1 aliphatic rings. The first-order valence-electron chi connectivity index (χ1n) is 7.53. The van der Waals surface area contributed by atoms with E-state index in [1.54, 1.807) is 0 Å². The van der Waals surface area contributed by atoms with E-state index in [1.165, 1.54) is 32.4 Å². The Labute approximate surface area is 108 Å². The molecule has 0 spiro atoms. The largest absolute Gasteiger partial charge is 0.312 e. The molecule has 1 N–H and O–H groups in total. The molecule has 102 valence electrons.